The molecule has 30 heavy (non-hydrogen) atoms. The van der Waals surface area contributed by atoms with Crippen LogP contribution in [0.1, 0.15) is 18.2 Å². The van der Waals surface area contributed by atoms with Crippen LogP contribution in [0.4, 0.5) is 0 Å². The zero-order valence-electron chi connectivity index (χ0n) is 16.8. The van der Waals surface area contributed by atoms with Crippen LogP contribution in [0.3, 0.4) is 0 Å². The summed E-state index contributed by atoms with van der Waals surface area (Å²) in [7, 11) is 0. The molecule has 0 fully saturated rings. The van der Waals surface area contributed by atoms with E-state index >= 15 is 0 Å². The van der Waals surface area contributed by atoms with Crippen molar-refractivity contribution in [1.29, 1.82) is 0 Å². The van der Waals surface area contributed by atoms with Gasteiger partial charge in [-0.3, -0.25) is 4.79 Å². The number of halogens is 1. The summed E-state index contributed by atoms with van der Waals surface area (Å²) in [5.74, 6) is 1.01. The third-order valence-electron chi connectivity index (χ3n) is 4.06. The minimum Gasteiger partial charge on any atom is -0.444 e. The highest BCUT2D eigenvalue weighted by Gasteiger charge is 2.07. The smallest absolute Gasteiger partial charge is 0.239 e. The molecule has 0 radical (unpaired) electrons. The Bertz CT molecular complexity index is 929. The highest BCUT2D eigenvalue weighted by molar-refractivity contribution is 14.0. The maximum absolute atomic E-state index is 12.1. The normalized spacial score (nSPS) is 10.8. The Morgan fingerprint density at radius 2 is 1.70 bits per heavy atom. The van der Waals surface area contributed by atoms with Gasteiger partial charge in [-0.15, -0.1) is 24.0 Å². The standard InChI is InChI=1S/C22H25N5O2.HI/c1-2-23-22(26-15-20(28)24-13-17-9-5-3-6-10-17)25-14-19-16-29-21(27-19)18-11-7-4-8-12-18;/h3-12,16H,2,13-15H2,1H3,(H,24,28)(H2,23,25,26);1H. The highest BCUT2D eigenvalue weighted by Crippen LogP contribution is 2.18. The average molecular weight is 519 g/mol. The summed E-state index contributed by atoms with van der Waals surface area (Å²) < 4.78 is 5.53. The van der Waals surface area contributed by atoms with Crippen molar-refractivity contribution in [2.24, 2.45) is 4.99 Å². The molecule has 0 saturated heterocycles. The van der Waals surface area contributed by atoms with Gasteiger partial charge in [0.15, 0.2) is 5.96 Å². The van der Waals surface area contributed by atoms with Crippen LogP contribution in [0.25, 0.3) is 11.5 Å². The molecule has 0 aliphatic heterocycles. The van der Waals surface area contributed by atoms with Gasteiger partial charge in [0.05, 0.1) is 13.1 Å². The Hall–Kier alpha value is -2.88. The van der Waals surface area contributed by atoms with E-state index < -0.39 is 0 Å². The number of carbonyl (C=O) groups is 1. The fourth-order valence-electron chi connectivity index (χ4n) is 2.62. The van der Waals surface area contributed by atoms with Crippen LogP contribution in [0, 0.1) is 0 Å². The maximum Gasteiger partial charge on any atom is 0.239 e. The number of amides is 1. The number of nitrogens with one attached hydrogen (secondary N) is 3. The first kappa shape index (κ1) is 23.4. The molecule has 1 amide bonds. The summed E-state index contributed by atoms with van der Waals surface area (Å²) in [5, 5.41) is 9.04. The summed E-state index contributed by atoms with van der Waals surface area (Å²) in [6.45, 7) is 3.63. The number of rotatable bonds is 8. The largest absolute Gasteiger partial charge is 0.444 e. The molecular formula is C22H26IN5O2. The molecule has 3 N–H and O–H groups in total. The van der Waals surface area contributed by atoms with Gasteiger partial charge in [0, 0.05) is 18.7 Å². The van der Waals surface area contributed by atoms with Crippen molar-refractivity contribution >= 4 is 35.8 Å². The zero-order chi connectivity index (χ0) is 20.3. The summed E-state index contributed by atoms with van der Waals surface area (Å²) in [4.78, 5) is 21.0. The minimum atomic E-state index is -0.104. The van der Waals surface area contributed by atoms with E-state index in [4.69, 9.17) is 4.42 Å². The van der Waals surface area contributed by atoms with Gasteiger partial charge >= 0.3 is 0 Å². The summed E-state index contributed by atoms with van der Waals surface area (Å²) >= 11 is 0. The first-order valence-electron chi connectivity index (χ1n) is 9.57. The second-order valence-electron chi connectivity index (χ2n) is 6.32. The number of aromatic nitrogens is 1. The lowest BCUT2D eigenvalue weighted by Crippen LogP contribution is -2.43. The molecule has 3 rings (SSSR count). The van der Waals surface area contributed by atoms with E-state index in [0.717, 1.165) is 16.8 Å². The topological polar surface area (TPSA) is 91.6 Å². The van der Waals surface area contributed by atoms with Crippen LogP contribution >= 0.6 is 24.0 Å². The van der Waals surface area contributed by atoms with Gasteiger partial charge in [0.25, 0.3) is 0 Å². The van der Waals surface area contributed by atoms with Gasteiger partial charge in [-0.2, -0.15) is 0 Å². The van der Waals surface area contributed by atoms with E-state index in [-0.39, 0.29) is 36.4 Å². The average Bonchev–Trinajstić information content (AvgIpc) is 3.25. The lowest BCUT2D eigenvalue weighted by molar-refractivity contribution is -0.120. The van der Waals surface area contributed by atoms with Crippen molar-refractivity contribution in [1.82, 2.24) is 20.9 Å². The van der Waals surface area contributed by atoms with Gasteiger partial charge in [0.2, 0.25) is 11.8 Å². The van der Waals surface area contributed by atoms with E-state index in [1.807, 2.05) is 67.6 Å². The number of hydrogen-bond acceptors (Lipinski definition) is 4. The number of oxazole rings is 1. The van der Waals surface area contributed by atoms with Crippen LogP contribution in [-0.2, 0) is 17.9 Å². The molecule has 0 saturated carbocycles. The van der Waals surface area contributed by atoms with E-state index in [0.29, 0.717) is 31.5 Å². The molecule has 0 spiro atoms. The summed E-state index contributed by atoms with van der Waals surface area (Å²) in [6, 6.07) is 19.5. The lowest BCUT2D eigenvalue weighted by Gasteiger charge is -2.11. The molecule has 2 aromatic carbocycles. The predicted octanol–water partition coefficient (Wildman–Crippen LogP) is 3.33. The molecular weight excluding hydrogens is 493 g/mol. The first-order valence-corrected chi connectivity index (χ1v) is 9.57. The Morgan fingerprint density at radius 1 is 1.00 bits per heavy atom. The number of aliphatic imine (C=N–C) groups is 1. The molecule has 1 aromatic heterocycles. The number of guanidine groups is 1. The summed E-state index contributed by atoms with van der Waals surface area (Å²) in [5.41, 5.74) is 2.69. The van der Waals surface area contributed by atoms with Crippen LogP contribution in [0.15, 0.2) is 76.3 Å². The number of benzene rings is 2. The van der Waals surface area contributed by atoms with Crippen LogP contribution in [-0.4, -0.2) is 29.9 Å². The second-order valence-corrected chi connectivity index (χ2v) is 6.32. The minimum absolute atomic E-state index is 0. The van der Waals surface area contributed by atoms with E-state index in [1.54, 1.807) is 6.26 Å². The predicted molar refractivity (Wildman–Crippen MR) is 128 cm³/mol. The lowest BCUT2D eigenvalue weighted by atomic mass is 10.2. The van der Waals surface area contributed by atoms with Crippen molar-refractivity contribution in [3.63, 3.8) is 0 Å². The first-order chi connectivity index (χ1) is 14.2. The number of hydrogen-bond donors (Lipinski definition) is 3. The fraction of sp³-hybridized carbons (Fsp3) is 0.227. The van der Waals surface area contributed by atoms with Crippen LogP contribution in [0.5, 0.6) is 0 Å². The van der Waals surface area contributed by atoms with Crippen molar-refractivity contribution in [3.8, 4) is 11.5 Å². The second kappa shape index (κ2) is 12.6. The summed E-state index contributed by atoms with van der Waals surface area (Å²) in [6.07, 6.45) is 1.60. The van der Waals surface area contributed by atoms with Gasteiger partial charge in [0.1, 0.15) is 12.0 Å². The molecule has 0 aliphatic rings. The Balaban J connectivity index is 0.00000320. The molecule has 0 unspecified atom stereocenters. The van der Waals surface area contributed by atoms with E-state index in [2.05, 4.69) is 25.9 Å². The van der Waals surface area contributed by atoms with Crippen molar-refractivity contribution in [3.05, 3.63) is 78.2 Å². The van der Waals surface area contributed by atoms with Gasteiger partial charge < -0.3 is 20.4 Å². The Kier molecular flexibility index (Phi) is 9.85. The molecule has 7 nitrogen and oxygen atoms in total. The van der Waals surface area contributed by atoms with Crippen LogP contribution < -0.4 is 16.0 Å². The molecule has 158 valence electrons. The molecule has 0 bridgehead atoms. The highest BCUT2D eigenvalue weighted by atomic mass is 127. The van der Waals surface area contributed by atoms with E-state index in [1.165, 1.54) is 0 Å². The SMILES string of the molecule is CCNC(=NCc1coc(-c2ccccc2)n1)NCC(=O)NCc1ccccc1.I. The van der Waals surface area contributed by atoms with Gasteiger partial charge in [-0.05, 0) is 24.6 Å². The molecule has 1 heterocycles. The zero-order valence-corrected chi connectivity index (χ0v) is 19.1. The van der Waals surface area contributed by atoms with Crippen molar-refractivity contribution in [2.45, 2.75) is 20.0 Å². The Morgan fingerprint density at radius 3 is 2.40 bits per heavy atom. The quantitative estimate of drug-likeness (QED) is 0.241. The van der Waals surface area contributed by atoms with Crippen molar-refractivity contribution < 1.29 is 9.21 Å². The fourth-order valence-corrected chi connectivity index (χ4v) is 2.62. The Labute approximate surface area is 193 Å². The molecule has 8 heteroatoms. The van der Waals surface area contributed by atoms with Gasteiger partial charge in [-0.25, -0.2) is 9.98 Å². The number of nitrogens with zero attached hydrogens (tertiary/aromatic N) is 2. The molecule has 3 aromatic rings. The van der Waals surface area contributed by atoms with Crippen LogP contribution in [0.2, 0.25) is 0 Å². The van der Waals surface area contributed by atoms with E-state index in [9.17, 15) is 4.79 Å². The molecule has 0 aliphatic carbocycles. The number of carbonyl (C=O) groups excluding carboxylic acids is 1. The third-order valence-corrected chi connectivity index (χ3v) is 4.06. The molecule has 0 atom stereocenters. The van der Waals surface area contributed by atoms with Gasteiger partial charge in [-0.1, -0.05) is 48.5 Å². The monoisotopic (exact) mass is 519 g/mol. The maximum atomic E-state index is 12.1. The van der Waals surface area contributed by atoms with Crippen molar-refractivity contribution in [2.75, 3.05) is 13.1 Å². The third kappa shape index (κ3) is 7.51.